The van der Waals surface area contributed by atoms with Crippen LogP contribution in [0.5, 0.6) is 0 Å². The maximum atomic E-state index is 12.5. The van der Waals surface area contributed by atoms with Gasteiger partial charge in [-0.05, 0) is 59.6 Å². The van der Waals surface area contributed by atoms with E-state index in [9.17, 15) is 14.7 Å². The highest BCUT2D eigenvalue weighted by atomic mass is 16.6. The fourth-order valence-corrected chi connectivity index (χ4v) is 3.26. The van der Waals surface area contributed by atoms with Crippen LogP contribution in [0.25, 0.3) is 0 Å². The molecule has 0 aliphatic carbocycles. The molecule has 7 heteroatoms. The van der Waals surface area contributed by atoms with Gasteiger partial charge in [-0.3, -0.25) is 0 Å². The number of amides is 1. The molecule has 1 atom stereocenters. The van der Waals surface area contributed by atoms with Gasteiger partial charge in [-0.15, -0.1) is 0 Å². The minimum Gasteiger partial charge on any atom is -0.478 e. The van der Waals surface area contributed by atoms with Crippen molar-refractivity contribution in [3.63, 3.8) is 0 Å². The summed E-state index contributed by atoms with van der Waals surface area (Å²) in [4.78, 5) is 24.4. The highest BCUT2D eigenvalue weighted by Gasteiger charge is 2.30. The molecule has 0 radical (unpaired) electrons. The van der Waals surface area contributed by atoms with E-state index < -0.39 is 23.7 Å². The first kappa shape index (κ1) is 24.5. The second-order valence-corrected chi connectivity index (χ2v) is 9.49. The van der Waals surface area contributed by atoms with Crippen molar-refractivity contribution in [3.8, 4) is 0 Å². The number of carboxylic acid groups (broad SMARTS) is 1. The Hall–Kier alpha value is -2.80. The van der Waals surface area contributed by atoms with Crippen molar-refractivity contribution in [3.05, 3.63) is 59.4 Å². The summed E-state index contributed by atoms with van der Waals surface area (Å²) in [5, 5.41) is 12.6. The second-order valence-electron chi connectivity index (χ2n) is 9.49. The van der Waals surface area contributed by atoms with Gasteiger partial charge >= 0.3 is 12.1 Å². The maximum Gasteiger partial charge on any atom is 0.408 e. The van der Waals surface area contributed by atoms with Crippen LogP contribution in [0.1, 0.15) is 75.6 Å². The highest BCUT2D eigenvalue weighted by Crippen LogP contribution is 2.29. The van der Waals surface area contributed by atoms with Crippen LogP contribution in [0.2, 0.25) is 0 Å². The van der Waals surface area contributed by atoms with Gasteiger partial charge in [-0.1, -0.05) is 30.3 Å². The van der Waals surface area contributed by atoms with E-state index in [1.807, 2.05) is 55.7 Å². The van der Waals surface area contributed by atoms with E-state index in [1.54, 1.807) is 33.0 Å². The molecule has 1 amide bonds. The SMILES string of the molecule is CC(C)(C)OC(=O)NC(CCOCc1ccccc1)c1c(C(=O)O)ccn1C(C)(C)C. The standard InChI is InChI=1S/C24H34N2O5/c1-23(2,3)26-14-12-18(21(27)28)20(26)19(25-22(29)31-24(4,5)6)13-15-30-16-17-10-8-7-9-11-17/h7-12,14,19H,13,15-16H2,1-6H3,(H,25,29)(H,27,28). The van der Waals surface area contributed by atoms with E-state index in [0.29, 0.717) is 25.3 Å². The Labute approximate surface area is 184 Å². The summed E-state index contributed by atoms with van der Waals surface area (Å²) in [6.07, 6.45) is 1.54. The molecule has 1 aromatic heterocycles. The minimum atomic E-state index is -1.04. The van der Waals surface area contributed by atoms with E-state index in [2.05, 4.69) is 5.32 Å². The molecule has 0 bridgehead atoms. The average Bonchev–Trinajstić information content (AvgIpc) is 3.09. The van der Waals surface area contributed by atoms with Gasteiger partial charge in [-0.2, -0.15) is 0 Å². The lowest BCUT2D eigenvalue weighted by Gasteiger charge is -2.30. The van der Waals surface area contributed by atoms with Gasteiger partial charge in [0.25, 0.3) is 0 Å². The topological polar surface area (TPSA) is 89.8 Å². The Morgan fingerprint density at radius 1 is 1.06 bits per heavy atom. The van der Waals surface area contributed by atoms with Crippen LogP contribution in [0, 0.1) is 0 Å². The predicted octanol–water partition coefficient (Wildman–Crippen LogP) is 5.11. The summed E-state index contributed by atoms with van der Waals surface area (Å²) in [5.41, 5.74) is 0.679. The summed E-state index contributed by atoms with van der Waals surface area (Å²) in [7, 11) is 0. The normalized spacial score (nSPS) is 13.0. The van der Waals surface area contributed by atoms with E-state index >= 15 is 0 Å². The number of carbonyl (C=O) groups excluding carboxylic acids is 1. The van der Waals surface area contributed by atoms with E-state index in [4.69, 9.17) is 9.47 Å². The van der Waals surface area contributed by atoms with Gasteiger partial charge in [0, 0.05) is 18.3 Å². The third-order valence-corrected chi connectivity index (χ3v) is 4.56. The molecule has 7 nitrogen and oxygen atoms in total. The number of carbonyl (C=O) groups is 2. The number of alkyl carbamates (subject to hydrolysis) is 1. The van der Waals surface area contributed by atoms with Crippen LogP contribution >= 0.6 is 0 Å². The smallest absolute Gasteiger partial charge is 0.408 e. The minimum absolute atomic E-state index is 0.152. The number of aromatic carboxylic acids is 1. The summed E-state index contributed by atoms with van der Waals surface area (Å²) >= 11 is 0. The molecule has 2 rings (SSSR count). The largest absolute Gasteiger partial charge is 0.478 e. The third-order valence-electron chi connectivity index (χ3n) is 4.56. The highest BCUT2D eigenvalue weighted by molar-refractivity contribution is 5.89. The van der Waals surface area contributed by atoms with E-state index in [-0.39, 0.29) is 11.1 Å². The summed E-state index contributed by atoms with van der Waals surface area (Å²) in [6, 6.07) is 10.8. The molecule has 1 heterocycles. The van der Waals surface area contributed by atoms with Gasteiger partial charge in [0.05, 0.1) is 23.9 Å². The van der Waals surface area contributed by atoms with Crippen LogP contribution in [0.3, 0.4) is 0 Å². The van der Waals surface area contributed by atoms with Crippen molar-refractivity contribution in [1.29, 1.82) is 0 Å². The van der Waals surface area contributed by atoms with Gasteiger partial charge in [0.15, 0.2) is 0 Å². The van der Waals surface area contributed by atoms with Crippen LogP contribution in [0.4, 0.5) is 4.79 Å². The quantitative estimate of drug-likeness (QED) is 0.568. The van der Waals surface area contributed by atoms with Crippen molar-refractivity contribution in [1.82, 2.24) is 9.88 Å². The second kappa shape index (κ2) is 10.0. The lowest BCUT2D eigenvalue weighted by Crippen LogP contribution is -2.38. The zero-order chi connectivity index (χ0) is 23.2. The molecule has 1 unspecified atom stereocenters. The number of rotatable bonds is 8. The molecule has 170 valence electrons. The van der Waals surface area contributed by atoms with E-state index in [0.717, 1.165) is 5.56 Å². The molecule has 0 spiro atoms. The molecule has 0 aliphatic rings. The zero-order valence-corrected chi connectivity index (χ0v) is 19.3. The molecule has 0 saturated heterocycles. The number of carboxylic acids is 1. The Morgan fingerprint density at radius 3 is 2.26 bits per heavy atom. The first-order chi connectivity index (χ1) is 14.4. The summed E-state index contributed by atoms with van der Waals surface area (Å²) < 4.78 is 13.1. The Morgan fingerprint density at radius 2 is 1.71 bits per heavy atom. The first-order valence-electron chi connectivity index (χ1n) is 10.4. The summed E-state index contributed by atoms with van der Waals surface area (Å²) in [6.45, 7) is 12.1. The number of aromatic nitrogens is 1. The van der Waals surface area contributed by atoms with Crippen molar-refractivity contribution >= 4 is 12.1 Å². The summed E-state index contributed by atoms with van der Waals surface area (Å²) in [5.74, 6) is -1.04. The number of hydrogen-bond donors (Lipinski definition) is 2. The van der Waals surface area contributed by atoms with Gasteiger partial charge < -0.3 is 24.5 Å². The molecule has 0 saturated carbocycles. The fourth-order valence-electron chi connectivity index (χ4n) is 3.26. The lowest BCUT2D eigenvalue weighted by atomic mass is 10.0. The Balaban J connectivity index is 2.26. The van der Waals surface area contributed by atoms with Gasteiger partial charge in [0.2, 0.25) is 0 Å². The van der Waals surface area contributed by atoms with Crippen LogP contribution < -0.4 is 5.32 Å². The maximum absolute atomic E-state index is 12.5. The van der Waals surface area contributed by atoms with Crippen molar-refractivity contribution in [2.45, 2.75) is 71.8 Å². The average molecular weight is 431 g/mol. The van der Waals surface area contributed by atoms with Gasteiger partial charge in [-0.25, -0.2) is 9.59 Å². The number of nitrogens with one attached hydrogen (secondary N) is 1. The molecule has 31 heavy (non-hydrogen) atoms. The third kappa shape index (κ3) is 7.43. The Bertz CT molecular complexity index is 876. The predicted molar refractivity (Wildman–Crippen MR) is 119 cm³/mol. The van der Waals surface area contributed by atoms with Crippen molar-refractivity contribution < 1.29 is 24.2 Å². The molecule has 0 fully saturated rings. The monoisotopic (exact) mass is 430 g/mol. The fraction of sp³-hybridized carbons (Fsp3) is 0.500. The van der Waals surface area contributed by atoms with Crippen molar-refractivity contribution in [2.75, 3.05) is 6.61 Å². The lowest BCUT2D eigenvalue weighted by molar-refractivity contribution is 0.0473. The van der Waals surface area contributed by atoms with E-state index in [1.165, 1.54) is 0 Å². The number of nitrogens with zero attached hydrogens (tertiary/aromatic N) is 1. The van der Waals surface area contributed by atoms with Crippen molar-refractivity contribution in [2.24, 2.45) is 0 Å². The molecular formula is C24H34N2O5. The Kier molecular flexibility index (Phi) is 7.90. The van der Waals surface area contributed by atoms with Gasteiger partial charge in [0.1, 0.15) is 5.60 Å². The number of hydrogen-bond acceptors (Lipinski definition) is 4. The first-order valence-corrected chi connectivity index (χ1v) is 10.4. The molecular weight excluding hydrogens is 396 g/mol. The zero-order valence-electron chi connectivity index (χ0n) is 19.3. The number of ether oxygens (including phenoxy) is 2. The van der Waals surface area contributed by atoms with Crippen LogP contribution in [-0.2, 0) is 21.6 Å². The molecule has 0 aliphatic heterocycles. The molecule has 2 N–H and O–H groups in total. The number of benzene rings is 1. The molecule has 2 aromatic rings. The van der Waals surface area contributed by atoms with Crippen LogP contribution in [-0.4, -0.2) is 33.9 Å². The molecule has 1 aromatic carbocycles. The van der Waals surface area contributed by atoms with Crippen LogP contribution in [0.15, 0.2) is 42.6 Å².